The molecule has 0 aliphatic rings. The molecule has 0 saturated heterocycles. The van der Waals surface area contributed by atoms with E-state index in [1.165, 1.54) is 11.3 Å². The number of hydrogen-bond donors (Lipinski definition) is 1. The molecule has 4 rings (SSSR count). The van der Waals surface area contributed by atoms with Crippen molar-refractivity contribution in [2.75, 3.05) is 12.4 Å². The third kappa shape index (κ3) is 3.81. The lowest BCUT2D eigenvalue weighted by Crippen LogP contribution is -2.14. The number of nitrogens with one attached hydrogen (secondary N) is 1. The van der Waals surface area contributed by atoms with E-state index in [0.717, 1.165) is 20.8 Å². The van der Waals surface area contributed by atoms with Gasteiger partial charge in [-0.1, -0.05) is 47.5 Å². The molecule has 0 spiro atoms. The maximum Gasteiger partial charge on any atom is 0.259 e. The van der Waals surface area contributed by atoms with Gasteiger partial charge in [-0.25, -0.2) is 4.98 Å². The Morgan fingerprint density at radius 2 is 1.86 bits per heavy atom. The Morgan fingerprint density at radius 3 is 2.62 bits per heavy atom. The molecule has 146 valence electrons. The van der Waals surface area contributed by atoms with Crippen molar-refractivity contribution in [2.24, 2.45) is 0 Å². The summed E-state index contributed by atoms with van der Waals surface area (Å²) in [6.45, 7) is 1.89. The maximum atomic E-state index is 12.9. The SMILES string of the molecule is COc1c(C)cccc1C(=O)Nc1cc(-c2nc3ccccc3s2)c(Cl)cc1Cl. The monoisotopic (exact) mass is 442 g/mol. The van der Waals surface area contributed by atoms with E-state index in [2.05, 4.69) is 10.3 Å². The van der Waals surface area contributed by atoms with Crippen molar-refractivity contribution in [3.05, 3.63) is 75.8 Å². The third-order valence-corrected chi connectivity index (χ3v) is 6.18. The molecule has 3 aromatic carbocycles. The summed E-state index contributed by atoms with van der Waals surface area (Å²) >= 11 is 14.3. The average molecular weight is 443 g/mol. The number of ether oxygens (including phenoxy) is 1. The molecule has 1 heterocycles. The van der Waals surface area contributed by atoms with Gasteiger partial charge in [-0.2, -0.15) is 0 Å². The fourth-order valence-corrected chi connectivity index (χ4v) is 4.66. The topological polar surface area (TPSA) is 51.2 Å². The number of aryl methyl sites for hydroxylation is 1. The average Bonchev–Trinajstić information content (AvgIpc) is 3.13. The van der Waals surface area contributed by atoms with Crippen LogP contribution in [0.25, 0.3) is 20.8 Å². The van der Waals surface area contributed by atoms with Crippen molar-refractivity contribution in [1.29, 1.82) is 0 Å². The molecule has 7 heteroatoms. The number of carbonyl (C=O) groups excluding carboxylic acids is 1. The van der Waals surface area contributed by atoms with E-state index in [-0.39, 0.29) is 5.91 Å². The molecular weight excluding hydrogens is 427 g/mol. The summed E-state index contributed by atoms with van der Waals surface area (Å²) in [7, 11) is 1.54. The van der Waals surface area contributed by atoms with E-state index >= 15 is 0 Å². The molecule has 0 aliphatic carbocycles. The van der Waals surface area contributed by atoms with Crippen molar-refractivity contribution in [3.63, 3.8) is 0 Å². The minimum absolute atomic E-state index is 0.315. The molecular formula is C22H16Cl2N2O2S. The van der Waals surface area contributed by atoms with Crippen LogP contribution in [0.4, 0.5) is 5.69 Å². The Labute approximate surface area is 182 Å². The predicted octanol–water partition coefficient (Wildman–Crippen LogP) is 6.84. The predicted molar refractivity (Wildman–Crippen MR) is 121 cm³/mol. The summed E-state index contributed by atoms with van der Waals surface area (Å²) < 4.78 is 6.45. The second kappa shape index (κ2) is 8.03. The largest absolute Gasteiger partial charge is 0.496 e. The Morgan fingerprint density at radius 1 is 1.07 bits per heavy atom. The zero-order valence-corrected chi connectivity index (χ0v) is 18.0. The van der Waals surface area contributed by atoms with E-state index in [9.17, 15) is 4.79 Å². The van der Waals surface area contributed by atoms with Gasteiger partial charge in [-0.05, 0) is 42.8 Å². The van der Waals surface area contributed by atoms with E-state index in [1.807, 2.05) is 43.3 Å². The quantitative estimate of drug-likeness (QED) is 0.376. The first-order chi connectivity index (χ1) is 14.0. The zero-order valence-electron chi connectivity index (χ0n) is 15.6. The van der Waals surface area contributed by atoms with Gasteiger partial charge in [0.05, 0.1) is 38.6 Å². The molecule has 0 fully saturated rings. The summed E-state index contributed by atoms with van der Waals surface area (Å²) in [6.07, 6.45) is 0. The summed E-state index contributed by atoms with van der Waals surface area (Å²) in [5.74, 6) is 0.214. The van der Waals surface area contributed by atoms with Crippen LogP contribution >= 0.6 is 34.5 Å². The molecule has 0 atom stereocenters. The molecule has 1 aromatic heterocycles. The zero-order chi connectivity index (χ0) is 20.5. The first kappa shape index (κ1) is 19.7. The number of fused-ring (bicyclic) bond motifs is 1. The van der Waals surface area contributed by atoms with E-state index in [1.54, 1.807) is 25.3 Å². The number of carbonyl (C=O) groups is 1. The van der Waals surface area contributed by atoms with Gasteiger partial charge in [0.25, 0.3) is 5.91 Å². The van der Waals surface area contributed by atoms with Crippen molar-refractivity contribution in [1.82, 2.24) is 4.98 Å². The van der Waals surface area contributed by atoms with Gasteiger partial charge < -0.3 is 10.1 Å². The second-order valence-electron chi connectivity index (χ2n) is 6.41. The molecule has 0 unspecified atom stereocenters. The summed E-state index contributed by atoms with van der Waals surface area (Å²) in [5.41, 5.74) is 3.37. The lowest BCUT2D eigenvalue weighted by molar-refractivity contribution is 0.102. The Balaban J connectivity index is 1.73. The van der Waals surface area contributed by atoms with Gasteiger partial charge in [-0.3, -0.25) is 4.79 Å². The highest BCUT2D eigenvalue weighted by Crippen LogP contribution is 2.39. The van der Waals surface area contributed by atoms with Crippen LogP contribution in [0.3, 0.4) is 0 Å². The highest BCUT2D eigenvalue weighted by Gasteiger charge is 2.18. The van der Waals surface area contributed by atoms with Gasteiger partial charge in [0.15, 0.2) is 0 Å². The van der Waals surface area contributed by atoms with Crippen LogP contribution in [0.2, 0.25) is 10.0 Å². The van der Waals surface area contributed by atoms with E-state index in [0.29, 0.717) is 32.6 Å². The summed E-state index contributed by atoms with van der Waals surface area (Å²) in [4.78, 5) is 17.5. The van der Waals surface area contributed by atoms with Crippen LogP contribution in [0.5, 0.6) is 5.75 Å². The molecule has 4 aromatic rings. The molecule has 0 bridgehead atoms. The Hall–Kier alpha value is -2.60. The number of halogens is 2. The lowest BCUT2D eigenvalue weighted by Gasteiger charge is -2.13. The molecule has 4 nitrogen and oxygen atoms in total. The second-order valence-corrected chi connectivity index (χ2v) is 8.25. The minimum Gasteiger partial charge on any atom is -0.496 e. The summed E-state index contributed by atoms with van der Waals surface area (Å²) in [5, 5.41) is 4.45. The van der Waals surface area contributed by atoms with Gasteiger partial charge in [0, 0.05) is 5.56 Å². The standard InChI is InChI=1S/C22H16Cl2N2O2S/c1-12-6-5-7-13(20(12)28-2)21(27)25-18-10-14(15(23)11-16(18)24)22-26-17-8-3-4-9-19(17)29-22/h3-11H,1-2H3,(H,25,27). The van der Waals surface area contributed by atoms with E-state index < -0.39 is 0 Å². The molecule has 0 aliphatic heterocycles. The normalized spacial score (nSPS) is 10.9. The number of benzene rings is 3. The van der Waals surface area contributed by atoms with E-state index in [4.69, 9.17) is 27.9 Å². The van der Waals surface area contributed by atoms with Crippen LogP contribution in [-0.2, 0) is 0 Å². The van der Waals surface area contributed by atoms with Gasteiger partial charge in [-0.15, -0.1) is 11.3 Å². The van der Waals surface area contributed by atoms with Crippen molar-refractivity contribution < 1.29 is 9.53 Å². The van der Waals surface area contributed by atoms with Gasteiger partial charge in [0.1, 0.15) is 10.8 Å². The summed E-state index contributed by atoms with van der Waals surface area (Å²) in [6, 6.07) is 16.6. The molecule has 0 radical (unpaired) electrons. The number of rotatable bonds is 4. The molecule has 1 amide bonds. The van der Waals surface area contributed by atoms with Crippen LogP contribution < -0.4 is 10.1 Å². The Kier molecular flexibility index (Phi) is 5.46. The first-order valence-corrected chi connectivity index (χ1v) is 10.3. The fraction of sp³-hybridized carbons (Fsp3) is 0.0909. The van der Waals surface area contributed by atoms with Crippen LogP contribution in [0.15, 0.2) is 54.6 Å². The van der Waals surface area contributed by atoms with Gasteiger partial charge >= 0.3 is 0 Å². The number of nitrogens with zero attached hydrogens (tertiary/aromatic N) is 1. The number of amides is 1. The number of thiazole rings is 1. The highest BCUT2D eigenvalue weighted by molar-refractivity contribution is 7.21. The number of methoxy groups -OCH3 is 1. The van der Waals surface area contributed by atoms with Crippen LogP contribution in [-0.4, -0.2) is 18.0 Å². The van der Waals surface area contributed by atoms with Crippen LogP contribution in [0, 0.1) is 6.92 Å². The molecule has 1 N–H and O–H groups in total. The van der Waals surface area contributed by atoms with Gasteiger partial charge in [0.2, 0.25) is 0 Å². The maximum absolute atomic E-state index is 12.9. The lowest BCUT2D eigenvalue weighted by atomic mass is 10.1. The molecule has 29 heavy (non-hydrogen) atoms. The fourth-order valence-electron chi connectivity index (χ4n) is 3.09. The highest BCUT2D eigenvalue weighted by atomic mass is 35.5. The van der Waals surface area contributed by atoms with Crippen molar-refractivity contribution in [3.8, 4) is 16.3 Å². The third-order valence-electron chi connectivity index (χ3n) is 4.49. The smallest absolute Gasteiger partial charge is 0.259 e. The minimum atomic E-state index is -0.315. The van der Waals surface area contributed by atoms with Crippen molar-refractivity contribution in [2.45, 2.75) is 6.92 Å². The van der Waals surface area contributed by atoms with Crippen molar-refractivity contribution >= 4 is 56.3 Å². The number of aromatic nitrogens is 1. The number of anilines is 1. The van der Waals surface area contributed by atoms with Crippen LogP contribution in [0.1, 0.15) is 15.9 Å². The molecule has 0 saturated carbocycles. The number of hydrogen-bond acceptors (Lipinski definition) is 4. The Bertz CT molecular complexity index is 1200. The number of para-hydroxylation sites is 2. The first-order valence-electron chi connectivity index (χ1n) is 8.78.